The van der Waals surface area contributed by atoms with Gasteiger partial charge in [0, 0.05) is 25.2 Å². The van der Waals surface area contributed by atoms with Crippen molar-refractivity contribution in [1.82, 2.24) is 10.2 Å². The molecule has 1 N–H and O–H groups in total. The molecule has 18 heavy (non-hydrogen) atoms. The minimum absolute atomic E-state index is 0.267. The Morgan fingerprint density at radius 2 is 2.11 bits per heavy atom. The zero-order valence-corrected chi connectivity index (χ0v) is 11.1. The summed E-state index contributed by atoms with van der Waals surface area (Å²) in [6.07, 6.45) is 0. The minimum Gasteiger partial charge on any atom is -0.463 e. The molecule has 0 radical (unpaired) electrons. The van der Waals surface area contributed by atoms with Gasteiger partial charge in [0.05, 0.1) is 13.7 Å². The van der Waals surface area contributed by atoms with Gasteiger partial charge in [-0.2, -0.15) is 0 Å². The summed E-state index contributed by atoms with van der Waals surface area (Å²) in [7, 11) is 1.35. The third kappa shape index (κ3) is 3.11. The Morgan fingerprint density at radius 3 is 2.72 bits per heavy atom. The monoisotopic (exact) mass is 252 g/mol. The van der Waals surface area contributed by atoms with Gasteiger partial charge in [-0.05, 0) is 26.0 Å². The van der Waals surface area contributed by atoms with Crippen molar-refractivity contribution in [3.63, 3.8) is 0 Å². The smallest absolute Gasteiger partial charge is 0.373 e. The third-order valence-corrected chi connectivity index (χ3v) is 3.06. The molecule has 1 aliphatic rings. The van der Waals surface area contributed by atoms with Crippen LogP contribution in [0.15, 0.2) is 16.5 Å². The standard InChI is InChI=1S/C13H20N2O3/c1-9-6-15(7-10(2)14-9)8-11-4-5-12(18-11)13(16)17-3/h4-5,9-10,14H,6-8H2,1-3H3. The summed E-state index contributed by atoms with van der Waals surface area (Å²) in [6.45, 7) is 7.04. The van der Waals surface area contributed by atoms with Gasteiger partial charge in [-0.25, -0.2) is 4.79 Å². The molecule has 1 aliphatic heterocycles. The van der Waals surface area contributed by atoms with Crippen molar-refractivity contribution in [3.8, 4) is 0 Å². The van der Waals surface area contributed by atoms with E-state index in [1.165, 1.54) is 7.11 Å². The van der Waals surface area contributed by atoms with Gasteiger partial charge in [-0.3, -0.25) is 4.90 Å². The first kappa shape index (κ1) is 13.1. The van der Waals surface area contributed by atoms with E-state index in [0.717, 1.165) is 25.4 Å². The molecule has 2 atom stereocenters. The van der Waals surface area contributed by atoms with Crippen LogP contribution in [0, 0.1) is 0 Å². The van der Waals surface area contributed by atoms with Crippen LogP contribution in [0.2, 0.25) is 0 Å². The number of nitrogens with one attached hydrogen (secondary N) is 1. The molecule has 0 spiro atoms. The topological polar surface area (TPSA) is 54.7 Å². The molecular weight excluding hydrogens is 232 g/mol. The number of rotatable bonds is 3. The number of carbonyl (C=O) groups excluding carboxylic acids is 1. The summed E-state index contributed by atoms with van der Waals surface area (Å²) >= 11 is 0. The summed E-state index contributed by atoms with van der Waals surface area (Å²) in [5.41, 5.74) is 0. The lowest BCUT2D eigenvalue weighted by molar-refractivity contribution is 0.0559. The average molecular weight is 252 g/mol. The van der Waals surface area contributed by atoms with Gasteiger partial charge >= 0.3 is 5.97 Å². The van der Waals surface area contributed by atoms with Crippen LogP contribution in [0.5, 0.6) is 0 Å². The van der Waals surface area contributed by atoms with Crippen LogP contribution in [0.1, 0.15) is 30.2 Å². The zero-order valence-electron chi connectivity index (χ0n) is 11.1. The summed E-state index contributed by atoms with van der Waals surface area (Å²) in [5, 5.41) is 3.48. The average Bonchev–Trinajstić information content (AvgIpc) is 2.75. The van der Waals surface area contributed by atoms with Gasteiger partial charge in [-0.1, -0.05) is 0 Å². The second kappa shape index (κ2) is 5.54. The highest BCUT2D eigenvalue weighted by Crippen LogP contribution is 2.14. The predicted octanol–water partition coefficient (Wildman–Crippen LogP) is 1.25. The van der Waals surface area contributed by atoms with E-state index in [-0.39, 0.29) is 5.76 Å². The van der Waals surface area contributed by atoms with Gasteiger partial charge in [0.15, 0.2) is 0 Å². The first-order valence-corrected chi connectivity index (χ1v) is 6.24. The molecule has 0 aromatic carbocycles. The quantitative estimate of drug-likeness (QED) is 0.820. The SMILES string of the molecule is COC(=O)c1ccc(CN2CC(C)NC(C)C2)o1. The van der Waals surface area contributed by atoms with Crippen LogP contribution >= 0.6 is 0 Å². The lowest BCUT2D eigenvalue weighted by Crippen LogP contribution is -2.53. The number of carbonyl (C=O) groups is 1. The summed E-state index contributed by atoms with van der Waals surface area (Å²) in [6, 6.07) is 4.45. The summed E-state index contributed by atoms with van der Waals surface area (Å²) in [5.74, 6) is 0.642. The number of hydrogen-bond donors (Lipinski definition) is 1. The van der Waals surface area contributed by atoms with Crippen molar-refractivity contribution in [2.24, 2.45) is 0 Å². The lowest BCUT2D eigenvalue weighted by atomic mass is 10.1. The predicted molar refractivity (Wildman–Crippen MR) is 67.4 cm³/mol. The summed E-state index contributed by atoms with van der Waals surface area (Å²) < 4.78 is 10.1. The molecule has 0 saturated carbocycles. The van der Waals surface area contributed by atoms with Crippen LogP contribution < -0.4 is 5.32 Å². The fraction of sp³-hybridized carbons (Fsp3) is 0.615. The highest BCUT2D eigenvalue weighted by Gasteiger charge is 2.22. The molecule has 0 aliphatic carbocycles. The Morgan fingerprint density at radius 1 is 1.44 bits per heavy atom. The van der Waals surface area contributed by atoms with Crippen LogP contribution in [-0.2, 0) is 11.3 Å². The van der Waals surface area contributed by atoms with Gasteiger partial charge in [0.1, 0.15) is 5.76 Å². The molecule has 1 aromatic rings. The van der Waals surface area contributed by atoms with Crippen molar-refractivity contribution in [3.05, 3.63) is 23.7 Å². The molecule has 0 amide bonds. The number of esters is 1. The fourth-order valence-corrected chi connectivity index (χ4v) is 2.46. The number of piperazine rings is 1. The number of methoxy groups -OCH3 is 1. The highest BCUT2D eigenvalue weighted by molar-refractivity contribution is 5.86. The summed E-state index contributed by atoms with van der Waals surface area (Å²) in [4.78, 5) is 13.6. The Labute approximate surface area is 107 Å². The maximum atomic E-state index is 11.3. The van der Waals surface area contributed by atoms with Gasteiger partial charge in [0.2, 0.25) is 5.76 Å². The van der Waals surface area contributed by atoms with Crippen molar-refractivity contribution >= 4 is 5.97 Å². The second-order valence-electron chi connectivity index (χ2n) is 4.92. The van der Waals surface area contributed by atoms with Crippen molar-refractivity contribution in [2.45, 2.75) is 32.5 Å². The molecule has 0 bridgehead atoms. The van der Waals surface area contributed by atoms with E-state index in [9.17, 15) is 4.79 Å². The lowest BCUT2D eigenvalue weighted by Gasteiger charge is -2.35. The molecule has 2 unspecified atom stereocenters. The van der Waals surface area contributed by atoms with Crippen LogP contribution in [0.3, 0.4) is 0 Å². The number of ether oxygens (including phenoxy) is 1. The van der Waals surface area contributed by atoms with Crippen LogP contribution in [0.25, 0.3) is 0 Å². The van der Waals surface area contributed by atoms with Gasteiger partial charge < -0.3 is 14.5 Å². The van der Waals surface area contributed by atoms with Crippen molar-refractivity contribution < 1.29 is 13.9 Å². The third-order valence-electron chi connectivity index (χ3n) is 3.06. The highest BCUT2D eigenvalue weighted by atomic mass is 16.5. The van der Waals surface area contributed by atoms with E-state index in [2.05, 4.69) is 28.8 Å². The first-order chi connectivity index (χ1) is 8.58. The van der Waals surface area contributed by atoms with E-state index in [1.54, 1.807) is 6.07 Å². The molecule has 5 nitrogen and oxygen atoms in total. The van der Waals surface area contributed by atoms with Crippen LogP contribution in [-0.4, -0.2) is 43.2 Å². The maximum Gasteiger partial charge on any atom is 0.373 e. The first-order valence-electron chi connectivity index (χ1n) is 6.24. The Bertz CT molecular complexity index is 406. The van der Waals surface area contributed by atoms with E-state index in [1.807, 2.05) is 6.07 Å². The number of hydrogen-bond acceptors (Lipinski definition) is 5. The zero-order chi connectivity index (χ0) is 13.1. The largest absolute Gasteiger partial charge is 0.463 e. The Balaban J connectivity index is 1.96. The van der Waals surface area contributed by atoms with Gasteiger partial charge in [-0.15, -0.1) is 0 Å². The molecule has 1 fully saturated rings. The minimum atomic E-state index is -0.428. The number of nitrogens with zero attached hydrogens (tertiary/aromatic N) is 1. The molecule has 1 aromatic heterocycles. The van der Waals surface area contributed by atoms with E-state index < -0.39 is 5.97 Å². The maximum absolute atomic E-state index is 11.3. The van der Waals surface area contributed by atoms with Crippen molar-refractivity contribution in [2.75, 3.05) is 20.2 Å². The molecule has 5 heteroatoms. The molecule has 2 rings (SSSR count). The molecule has 1 saturated heterocycles. The van der Waals surface area contributed by atoms with E-state index in [0.29, 0.717) is 12.1 Å². The van der Waals surface area contributed by atoms with E-state index in [4.69, 9.17) is 4.42 Å². The van der Waals surface area contributed by atoms with Crippen molar-refractivity contribution in [1.29, 1.82) is 0 Å². The van der Waals surface area contributed by atoms with E-state index >= 15 is 0 Å². The normalized spacial score (nSPS) is 25.1. The Kier molecular flexibility index (Phi) is 4.04. The van der Waals surface area contributed by atoms with Gasteiger partial charge in [0.25, 0.3) is 0 Å². The second-order valence-corrected chi connectivity index (χ2v) is 4.92. The molecular formula is C13H20N2O3. The molecule has 2 heterocycles. The molecule has 100 valence electrons. The number of furan rings is 1. The fourth-order valence-electron chi connectivity index (χ4n) is 2.46. The van der Waals surface area contributed by atoms with Crippen LogP contribution in [0.4, 0.5) is 0 Å². The Hall–Kier alpha value is -1.33.